The van der Waals surface area contributed by atoms with E-state index in [4.69, 9.17) is 28.9 Å². The molecule has 0 aliphatic rings. The van der Waals surface area contributed by atoms with Crippen molar-refractivity contribution < 1.29 is 33.5 Å². The number of phosphoric acid groups is 1. The van der Waals surface area contributed by atoms with E-state index >= 15 is 0 Å². The van der Waals surface area contributed by atoms with Gasteiger partial charge in [-0.3, -0.25) is 13.6 Å². The van der Waals surface area contributed by atoms with Gasteiger partial charge in [-0.1, -0.05) is 0 Å². The van der Waals surface area contributed by atoms with Gasteiger partial charge >= 0.3 is 7.82 Å². The summed E-state index contributed by atoms with van der Waals surface area (Å²) in [6.45, 7) is 1.22. The molecule has 0 amide bonds. The maximum atomic E-state index is 12.5. The van der Waals surface area contributed by atoms with Gasteiger partial charge in [-0.05, 0) is 57.8 Å². The topological polar surface area (TPSA) is 105 Å². The summed E-state index contributed by atoms with van der Waals surface area (Å²) >= 11 is 0. The third kappa shape index (κ3) is 15.3. The third-order valence-electron chi connectivity index (χ3n) is 3.16. The monoisotopic (exact) mass is 356 g/mol. The maximum absolute atomic E-state index is 12.5. The minimum absolute atomic E-state index is 0.139. The molecule has 0 aromatic rings. The maximum Gasteiger partial charge on any atom is 0.474 e. The standard InChI is InChI=1S/C15H33O7P/c16-10-4-1-7-13-20-23(19,21-14-8-2-5-11-17)22-15-9-3-6-12-18/h16-18H,1-15H2. The number of aliphatic hydroxyl groups excluding tert-OH is 3. The van der Waals surface area contributed by atoms with Crippen LogP contribution in [0, 0.1) is 0 Å². The highest BCUT2D eigenvalue weighted by atomic mass is 31.2. The Morgan fingerprint density at radius 1 is 0.522 bits per heavy atom. The average molecular weight is 356 g/mol. The Hall–Kier alpha value is -0.0100. The molecular weight excluding hydrogens is 323 g/mol. The van der Waals surface area contributed by atoms with Gasteiger partial charge in [0.15, 0.2) is 0 Å². The molecule has 0 radical (unpaired) electrons. The summed E-state index contributed by atoms with van der Waals surface area (Å²) < 4.78 is 28.5. The van der Waals surface area contributed by atoms with Gasteiger partial charge in [-0.2, -0.15) is 0 Å². The van der Waals surface area contributed by atoms with Crippen molar-refractivity contribution in [2.75, 3.05) is 39.6 Å². The van der Waals surface area contributed by atoms with Crippen molar-refractivity contribution in [2.24, 2.45) is 0 Å². The van der Waals surface area contributed by atoms with Crippen LogP contribution in [0.1, 0.15) is 57.8 Å². The molecule has 140 valence electrons. The lowest BCUT2D eigenvalue weighted by atomic mass is 10.2. The van der Waals surface area contributed by atoms with Crippen molar-refractivity contribution in [2.45, 2.75) is 57.8 Å². The average Bonchev–Trinajstić information content (AvgIpc) is 2.54. The summed E-state index contributed by atoms with van der Waals surface area (Å²) in [5.41, 5.74) is 0. The second kappa shape index (κ2) is 16.8. The van der Waals surface area contributed by atoms with Crippen LogP contribution in [-0.2, 0) is 18.1 Å². The van der Waals surface area contributed by atoms with Crippen LogP contribution in [0.25, 0.3) is 0 Å². The molecule has 0 bridgehead atoms. The quantitative estimate of drug-likeness (QED) is 0.256. The SMILES string of the molecule is O=P(OCCCCCO)(OCCCCCO)OCCCCCO. The first-order chi connectivity index (χ1) is 11.2. The van der Waals surface area contributed by atoms with Crippen molar-refractivity contribution in [1.29, 1.82) is 0 Å². The molecule has 0 atom stereocenters. The van der Waals surface area contributed by atoms with Gasteiger partial charge < -0.3 is 15.3 Å². The van der Waals surface area contributed by atoms with Gasteiger partial charge in [0.25, 0.3) is 0 Å². The highest BCUT2D eigenvalue weighted by Crippen LogP contribution is 2.49. The van der Waals surface area contributed by atoms with Crippen LogP contribution in [0.15, 0.2) is 0 Å². The van der Waals surface area contributed by atoms with Crippen molar-refractivity contribution in [3.8, 4) is 0 Å². The summed E-state index contributed by atoms with van der Waals surface area (Å²) in [5, 5.41) is 26.2. The van der Waals surface area contributed by atoms with Gasteiger partial charge in [0.05, 0.1) is 19.8 Å². The predicted octanol–water partition coefficient (Wildman–Crippen LogP) is 2.63. The van der Waals surface area contributed by atoms with E-state index in [0.29, 0.717) is 38.5 Å². The Kier molecular flexibility index (Phi) is 16.8. The lowest BCUT2D eigenvalue weighted by molar-refractivity contribution is 0.107. The lowest BCUT2D eigenvalue weighted by Gasteiger charge is -2.18. The Labute approximate surface area is 139 Å². The van der Waals surface area contributed by atoms with Crippen molar-refractivity contribution >= 4 is 7.82 Å². The molecular formula is C15H33O7P. The van der Waals surface area contributed by atoms with Crippen LogP contribution in [0.5, 0.6) is 0 Å². The van der Waals surface area contributed by atoms with Crippen LogP contribution < -0.4 is 0 Å². The van der Waals surface area contributed by atoms with Crippen LogP contribution in [0.4, 0.5) is 0 Å². The van der Waals surface area contributed by atoms with Gasteiger partial charge in [-0.25, -0.2) is 4.57 Å². The molecule has 7 nitrogen and oxygen atoms in total. The Balaban J connectivity index is 4.03. The molecule has 0 unspecified atom stereocenters. The minimum Gasteiger partial charge on any atom is -0.396 e. The fourth-order valence-electron chi connectivity index (χ4n) is 1.81. The van der Waals surface area contributed by atoms with Gasteiger partial charge in [0.2, 0.25) is 0 Å². The second-order valence-corrected chi connectivity index (χ2v) is 6.97. The molecule has 3 N–H and O–H groups in total. The van der Waals surface area contributed by atoms with E-state index in [1.54, 1.807) is 0 Å². The van der Waals surface area contributed by atoms with Crippen molar-refractivity contribution in [3.63, 3.8) is 0 Å². The molecule has 0 aliphatic carbocycles. The van der Waals surface area contributed by atoms with E-state index in [2.05, 4.69) is 0 Å². The van der Waals surface area contributed by atoms with Gasteiger partial charge in [0.1, 0.15) is 0 Å². The fourth-order valence-corrected chi connectivity index (χ4v) is 3.09. The molecule has 0 heterocycles. The van der Waals surface area contributed by atoms with Crippen LogP contribution in [-0.4, -0.2) is 55.0 Å². The summed E-state index contributed by atoms with van der Waals surface area (Å²) in [6, 6.07) is 0. The second-order valence-electron chi connectivity index (χ2n) is 5.30. The molecule has 0 spiro atoms. The first kappa shape index (κ1) is 23.0. The number of hydrogen-bond donors (Lipinski definition) is 3. The van der Waals surface area contributed by atoms with Crippen molar-refractivity contribution in [3.05, 3.63) is 0 Å². The number of phosphoric ester groups is 1. The molecule has 0 saturated heterocycles. The van der Waals surface area contributed by atoms with Crippen LogP contribution in [0.3, 0.4) is 0 Å². The number of unbranched alkanes of at least 4 members (excludes halogenated alkanes) is 6. The zero-order valence-corrected chi connectivity index (χ0v) is 14.9. The highest BCUT2D eigenvalue weighted by molar-refractivity contribution is 7.48. The normalized spacial score (nSPS) is 12.0. The Bertz CT molecular complexity index is 246. The van der Waals surface area contributed by atoms with Crippen LogP contribution >= 0.6 is 7.82 Å². The third-order valence-corrected chi connectivity index (χ3v) is 4.65. The molecule has 0 fully saturated rings. The van der Waals surface area contributed by atoms with Crippen molar-refractivity contribution in [1.82, 2.24) is 0 Å². The summed E-state index contributed by atoms with van der Waals surface area (Å²) in [5.74, 6) is 0. The van der Waals surface area contributed by atoms with Gasteiger partial charge in [-0.15, -0.1) is 0 Å². The molecule has 0 aromatic heterocycles. The predicted molar refractivity (Wildman–Crippen MR) is 88.3 cm³/mol. The largest absolute Gasteiger partial charge is 0.474 e. The number of aliphatic hydroxyl groups is 3. The molecule has 8 heteroatoms. The van der Waals surface area contributed by atoms with E-state index in [1.807, 2.05) is 0 Å². The van der Waals surface area contributed by atoms with E-state index in [1.165, 1.54) is 0 Å². The first-order valence-corrected chi connectivity index (χ1v) is 10.0. The van der Waals surface area contributed by atoms with E-state index < -0.39 is 7.82 Å². The van der Waals surface area contributed by atoms with E-state index in [0.717, 1.165) is 19.3 Å². The van der Waals surface area contributed by atoms with E-state index in [9.17, 15) is 4.57 Å². The summed E-state index contributed by atoms with van der Waals surface area (Å²) in [4.78, 5) is 0. The zero-order valence-electron chi connectivity index (χ0n) is 14.0. The van der Waals surface area contributed by atoms with Gasteiger partial charge in [0, 0.05) is 19.8 Å². The summed E-state index contributed by atoms with van der Waals surface area (Å²) in [7, 11) is -3.55. The first-order valence-electron chi connectivity index (χ1n) is 8.55. The molecule has 0 rings (SSSR count). The molecule has 23 heavy (non-hydrogen) atoms. The molecule has 0 aromatic carbocycles. The van der Waals surface area contributed by atoms with E-state index in [-0.39, 0.29) is 39.6 Å². The lowest BCUT2D eigenvalue weighted by Crippen LogP contribution is -2.05. The number of hydrogen-bond acceptors (Lipinski definition) is 7. The Morgan fingerprint density at radius 2 is 0.826 bits per heavy atom. The number of rotatable bonds is 18. The molecule has 0 saturated carbocycles. The molecule has 0 aliphatic heterocycles. The smallest absolute Gasteiger partial charge is 0.396 e. The fraction of sp³-hybridized carbons (Fsp3) is 1.00. The highest BCUT2D eigenvalue weighted by Gasteiger charge is 2.26. The zero-order chi connectivity index (χ0) is 17.2. The Morgan fingerprint density at radius 3 is 1.09 bits per heavy atom. The minimum atomic E-state index is -3.55. The summed E-state index contributed by atoms with van der Waals surface area (Å²) in [6.07, 6.45) is 6.52. The van der Waals surface area contributed by atoms with Crippen LogP contribution in [0.2, 0.25) is 0 Å².